The van der Waals surface area contributed by atoms with Crippen LogP contribution in [0.2, 0.25) is 0 Å². The molecule has 0 spiro atoms. The van der Waals surface area contributed by atoms with Crippen LogP contribution in [0, 0.1) is 12.8 Å². The van der Waals surface area contributed by atoms with Crippen LogP contribution in [0.25, 0.3) is 23.0 Å². The summed E-state index contributed by atoms with van der Waals surface area (Å²) in [6.07, 6.45) is 5.11. The molecular weight excluding hydrogens is 551 g/mol. The van der Waals surface area contributed by atoms with Crippen molar-refractivity contribution in [2.75, 3.05) is 18.1 Å². The lowest BCUT2D eigenvalue weighted by molar-refractivity contribution is -0.123. The van der Waals surface area contributed by atoms with Gasteiger partial charge in [0.1, 0.15) is 15.8 Å². The first kappa shape index (κ1) is 27.6. The van der Waals surface area contributed by atoms with E-state index >= 15 is 0 Å². The van der Waals surface area contributed by atoms with Gasteiger partial charge in [0, 0.05) is 17.3 Å². The standard InChI is InChI=1S/C29H31N3O4S3/c1-19(2)11-13-36-25-10-9-21(15-20(25)3)27-22(17-31(30-27)23-7-5-4-6-8-23)16-26-28(33)32(29(37)38-26)24-12-14-39(34,35)18-24/h4-10,15-17,19,24H,11-14,18H2,1-3H3. The number of rotatable bonds is 8. The molecule has 1 atom stereocenters. The summed E-state index contributed by atoms with van der Waals surface area (Å²) in [5, 5.41) is 4.89. The van der Waals surface area contributed by atoms with Gasteiger partial charge in [0.2, 0.25) is 0 Å². The number of para-hydroxylation sites is 1. The number of hydrogen-bond donors (Lipinski definition) is 0. The Balaban J connectivity index is 1.49. The average molecular weight is 582 g/mol. The Morgan fingerprint density at radius 2 is 1.97 bits per heavy atom. The van der Waals surface area contributed by atoms with Crippen molar-refractivity contribution in [3.8, 4) is 22.7 Å². The van der Waals surface area contributed by atoms with E-state index in [1.54, 1.807) is 4.68 Å². The Hall–Kier alpha value is -2.95. The molecule has 0 radical (unpaired) electrons. The van der Waals surface area contributed by atoms with Gasteiger partial charge in [0.15, 0.2) is 9.84 Å². The number of aryl methyl sites for hydroxylation is 1. The van der Waals surface area contributed by atoms with Crippen LogP contribution in [0.4, 0.5) is 0 Å². The third kappa shape index (κ3) is 6.13. The van der Waals surface area contributed by atoms with E-state index in [1.165, 1.54) is 16.7 Å². The predicted octanol–water partition coefficient (Wildman–Crippen LogP) is 5.66. The minimum Gasteiger partial charge on any atom is -0.493 e. The molecule has 2 fully saturated rings. The van der Waals surface area contributed by atoms with Gasteiger partial charge in [-0.3, -0.25) is 9.69 Å². The zero-order chi connectivity index (χ0) is 27.7. The Bertz CT molecular complexity index is 1540. The fourth-order valence-electron chi connectivity index (χ4n) is 4.71. The summed E-state index contributed by atoms with van der Waals surface area (Å²) in [5.41, 5.74) is 4.30. The minimum atomic E-state index is -3.15. The highest BCUT2D eigenvalue weighted by atomic mass is 32.2. The molecule has 2 saturated heterocycles. The van der Waals surface area contributed by atoms with Crippen molar-refractivity contribution < 1.29 is 17.9 Å². The Labute approximate surface area is 239 Å². The van der Waals surface area contributed by atoms with Crippen molar-refractivity contribution in [3.05, 3.63) is 70.8 Å². The number of nitrogens with zero attached hydrogens (tertiary/aromatic N) is 3. The summed E-state index contributed by atoms with van der Waals surface area (Å²) in [6, 6.07) is 15.4. The van der Waals surface area contributed by atoms with Gasteiger partial charge in [-0.05, 0) is 67.7 Å². The third-order valence-electron chi connectivity index (χ3n) is 6.85. The number of thiocarbonyl (C=S) groups is 1. The molecule has 39 heavy (non-hydrogen) atoms. The zero-order valence-electron chi connectivity index (χ0n) is 22.2. The number of hydrogen-bond acceptors (Lipinski definition) is 7. The third-order valence-corrected chi connectivity index (χ3v) is 9.93. The highest BCUT2D eigenvalue weighted by Crippen LogP contribution is 2.38. The topological polar surface area (TPSA) is 81.5 Å². The van der Waals surface area contributed by atoms with E-state index in [0.717, 1.165) is 40.2 Å². The lowest BCUT2D eigenvalue weighted by atomic mass is 10.0. The molecule has 2 aliphatic rings. The number of carbonyl (C=O) groups excluding carboxylic acids is 1. The maximum Gasteiger partial charge on any atom is 0.266 e. The van der Waals surface area contributed by atoms with Gasteiger partial charge in [0.05, 0.1) is 34.7 Å². The summed E-state index contributed by atoms with van der Waals surface area (Å²) in [7, 11) is -3.15. The van der Waals surface area contributed by atoms with E-state index in [0.29, 0.717) is 28.2 Å². The molecule has 204 valence electrons. The van der Waals surface area contributed by atoms with Crippen LogP contribution in [0.1, 0.15) is 37.8 Å². The fraction of sp³-hybridized carbons (Fsp3) is 0.345. The molecule has 2 aromatic carbocycles. The van der Waals surface area contributed by atoms with Crippen LogP contribution in [-0.2, 0) is 14.6 Å². The normalized spacial score (nSPS) is 19.9. The fourth-order valence-corrected chi connectivity index (χ4v) is 7.80. The Morgan fingerprint density at radius 1 is 1.21 bits per heavy atom. The zero-order valence-corrected chi connectivity index (χ0v) is 24.6. The van der Waals surface area contributed by atoms with Gasteiger partial charge in [-0.15, -0.1) is 0 Å². The maximum atomic E-state index is 13.4. The van der Waals surface area contributed by atoms with Crippen molar-refractivity contribution in [2.45, 2.75) is 39.7 Å². The molecule has 0 saturated carbocycles. The van der Waals surface area contributed by atoms with E-state index in [2.05, 4.69) is 13.8 Å². The highest BCUT2D eigenvalue weighted by molar-refractivity contribution is 8.26. The number of thioether (sulfide) groups is 1. The van der Waals surface area contributed by atoms with Crippen molar-refractivity contribution in [3.63, 3.8) is 0 Å². The van der Waals surface area contributed by atoms with Crippen molar-refractivity contribution in [1.82, 2.24) is 14.7 Å². The second-order valence-electron chi connectivity index (χ2n) is 10.3. The van der Waals surface area contributed by atoms with E-state index < -0.39 is 15.9 Å². The number of aromatic nitrogens is 2. The molecule has 0 bridgehead atoms. The number of carbonyl (C=O) groups is 1. The van der Waals surface area contributed by atoms with Crippen LogP contribution < -0.4 is 4.74 Å². The summed E-state index contributed by atoms with van der Waals surface area (Å²) >= 11 is 6.72. The van der Waals surface area contributed by atoms with Crippen molar-refractivity contribution in [2.24, 2.45) is 5.92 Å². The summed E-state index contributed by atoms with van der Waals surface area (Å²) in [6.45, 7) is 7.03. The van der Waals surface area contributed by atoms with Crippen molar-refractivity contribution in [1.29, 1.82) is 0 Å². The van der Waals surface area contributed by atoms with Gasteiger partial charge in [-0.25, -0.2) is 13.1 Å². The Kier molecular flexibility index (Phi) is 7.98. The van der Waals surface area contributed by atoms with Crippen LogP contribution in [0.3, 0.4) is 0 Å². The van der Waals surface area contributed by atoms with Crippen molar-refractivity contribution >= 4 is 50.1 Å². The van der Waals surface area contributed by atoms with E-state index in [4.69, 9.17) is 22.1 Å². The molecule has 7 nitrogen and oxygen atoms in total. The first-order valence-electron chi connectivity index (χ1n) is 13.0. The molecule has 1 amide bonds. The maximum absolute atomic E-state index is 13.4. The lowest BCUT2D eigenvalue weighted by Gasteiger charge is -2.20. The summed E-state index contributed by atoms with van der Waals surface area (Å²) < 4.78 is 32.3. The second kappa shape index (κ2) is 11.3. The molecule has 2 aliphatic heterocycles. The van der Waals surface area contributed by atoms with Gasteiger partial charge in [-0.2, -0.15) is 5.10 Å². The van der Waals surface area contributed by atoms with E-state index in [9.17, 15) is 13.2 Å². The average Bonchev–Trinajstić information content (AvgIpc) is 3.55. The predicted molar refractivity (Wildman–Crippen MR) is 161 cm³/mol. The van der Waals surface area contributed by atoms with E-state index in [-0.39, 0.29) is 17.4 Å². The van der Waals surface area contributed by atoms with Gasteiger partial charge < -0.3 is 4.74 Å². The van der Waals surface area contributed by atoms with E-state index in [1.807, 2.05) is 67.7 Å². The van der Waals surface area contributed by atoms with Gasteiger partial charge in [-0.1, -0.05) is 56.0 Å². The molecule has 5 rings (SSSR count). The smallest absolute Gasteiger partial charge is 0.266 e. The molecule has 10 heteroatoms. The summed E-state index contributed by atoms with van der Waals surface area (Å²) in [4.78, 5) is 15.3. The molecule has 1 aromatic heterocycles. The van der Waals surface area contributed by atoms with Crippen LogP contribution in [0.5, 0.6) is 5.75 Å². The molecule has 0 aliphatic carbocycles. The largest absolute Gasteiger partial charge is 0.493 e. The first-order chi connectivity index (χ1) is 18.6. The molecule has 1 unspecified atom stereocenters. The molecule has 3 aromatic rings. The monoisotopic (exact) mass is 581 g/mol. The number of ether oxygens (including phenoxy) is 1. The molecule has 3 heterocycles. The van der Waals surface area contributed by atoms with Crippen LogP contribution in [0.15, 0.2) is 59.6 Å². The molecular formula is C29H31N3O4S3. The van der Waals surface area contributed by atoms with Gasteiger partial charge in [0.25, 0.3) is 5.91 Å². The number of amides is 1. The number of sulfone groups is 1. The lowest BCUT2D eigenvalue weighted by Crippen LogP contribution is -2.39. The summed E-state index contributed by atoms with van der Waals surface area (Å²) in [5.74, 6) is 1.19. The Morgan fingerprint density at radius 3 is 2.64 bits per heavy atom. The van der Waals surface area contributed by atoms with Gasteiger partial charge >= 0.3 is 0 Å². The second-order valence-corrected chi connectivity index (χ2v) is 14.2. The molecule has 0 N–H and O–H groups in total. The first-order valence-corrected chi connectivity index (χ1v) is 16.0. The minimum absolute atomic E-state index is 0.0469. The SMILES string of the molecule is Cc1cc(-c2nn(-c3ccccc3)cc2C=C2SC(=S)N(C3CCS(=O)(=O)C3)C2=O)ccc1OCCC(C)C. The quantitative estimate of drug-likeness (QED) is 0.251. The number of benzene rings is 2. The highest BCUT2D eigenvalue weighted by Gasteiger charge is 2.42. The van der Waals surface area contributed by atoms with Crippen LogP contribution in [-0.4, -0.2) is 57.5 Å². The van der Waals surface area contributed by atoms with Crippen LogP contribution >= 0.6 is 24.0 Å².